The smallest absolute Gasteiger partial charge is 0.223 e. The van der Waals surface area contributed by atoms with Crippen molar-refractivity contribution in [3.8, 4) is 0 Å². The Morgan fingerprint density at radius 1 is 0.905 bits per heavy atom. The van der Waals surface area contributed by atoms with Gasteiger partial charge in [0.1, 0.15) is 0 Å². The van der Waals surface area contributed by atoms with Crippen LogP contribution in [-0.4, -0.2) is 23.9 Å². The molecule has 0 heterocycles. The molecule has 21 heavy (non-hydrogen) atoms. The predicted molar refractivity (Wildman–Crippen MR) is 85.7 cm³/mol. The van der Waals surface area contributed by atoms with Gasteiger partial charge in [-0.1, -0.05) is 20.8 Å². The molecule has 1 aliphatic carbocycles. The van der Waals surface area contributed by atoms with Crippen LogP contribution in [0.15, 0.2) is 0 Å². The molecule has 1 fully saturated rings. The summed E-state index contributed by atoms with van der Waals surface area (Å²) in [5.74, 6) is 1.74. The van der Waals surface area contributed by atoms with E-state index in [2.05, 4.69) is 17.6 Å². The quantitative estimate of drug-likeness (QED) is 0.723. The molecule has 0 radical (unpaired) electrons. The molecule has 2 N–H and O–H groups in total. The van der Waals surface area contributed by atoms with Gasteiger partial charge in [0.05, 0.1) is 0 Å². The minimum Gasteiger partial charge on any atom is -0.354 e. The summed E-state index contributed by atoms with van der Waals surface area (Å²) < 4.78 is 0. The SMILES string of the molecule is CC(C)NC(=O)C(C)CC1C[C@@H]1CC(C)NC(=O)C(C)C. The van der Waals surface area contributed by atoms with E-state index in [-0.39, 0.29) is 35.7 Å². The van der Waals surface area contributed by atoms with E-state index in [0.717, 1.165) is 12.8 Å². The van der Waals surface area contributed by atoms with Gasteiger partial charge in [-0.15, -0.1) is 0 Å². The Morgan fingerprint density at radius 3 is 2.00 bits per heavy atom. The van der Waals surface area contributed by atoms with Crippen molar-refractivity contribution in [2.75, 3.05) is 0 Å². The highest BCUT2D eigenvalue weighted by molar-refractivity contribution is 5.78. The first-order chi connectivity index (χ1) is 9.70. The molecule has 122 valence electrons. The Balaban J connectivity index is 2.25. The van der Waals surface area contributed by atoms with Crippen LogP contribution in [0.4, 0.5) is 0 Å². The average Bonchev–Trinajstić information content (AvgIpc) is 3.05. The summed E-state index contributed by atoms with van der Waals surface area (Å²) in [5.41, 5.74) is 0. The van der Waals surface area contributed by atoms with Crippen molar-refractivity contribution >= 4 is 11.8 Å². The van der Waals surface area contributed by atoms with Gasteiger partial charge < -0.3 is 10.6 Å². The van der Waals surface area contributed by atoms with E-state index in [9.17, 15) is 9.59 Å². The van der Waals surface area contributed by atoms with Gasteiger partial charge in [-0.05, 0) is 51.9 Å². The molecule has 0 aromatic carbocycles. The van der Waals surface area contributed by atoms with Crippen molar-refractivity contribution in [2.45, 2.75) is 72.9 Å². The number of hydrogen-bond acceptors (Lipinski definition) is 2. The lowest BCUT2D eigenvalue weighted by atomic mass is 10.0. The summed E-state index contributed by atoms with van der Waals surface area (Å²) in [5, 5.41) is 6.03. The van der Waals surface area contributed by atoms with Crippen molar-refractivity contribution < 1.29 is 9.59 Å². The molecular weight excluding hydrogens is 264 g/mol. The van der Waals surface area contributed by atoms with Crippen LogP contribution < -0.4 is 10.6 Å². The minimum atomic E-state index is 0.0437. The van der Waals surface area contributed by atoms with Crippen LogP contribution in [0.3, 0.4) is 0 Å². The Kier molecular flexibility index (Phi) is 6.69. The maximum atomic E-state index is 11.9. The number of amides is 2. The molecule has 0 spiro atoms. The third kappa shape index (κ3) is 6.49. The molecule has 0 aromatic rings. The van der Waals surface area contributed by atoms with E-state index in [0.29, 0.717) is 11.8 Å². The molecule has 1 rings (SSSR count). The summed E-state index contributed by atoms with van der Waals surface area (Å²) >= 11 is 0. The largest absolute Gasteiger partial charge is 0.354 e. The zero-order valence-corrected chi connectivity index (χ0v) is 14.4. The zero-order chi connectivity index (χ0) is 16.2. The van der Waals surface area contributed by atoms with Gasteiger partial charge in [0.25, 0.3) is 0 Å². The second-order valence-electron chi connectivity index (χ2n) is 7.36. The van der Waals surface area contributed by atoms with Crippen LogP contribution in [0.25, 0.3) is 0 Å². The molecule has 4 nitrogen and oxygen atoms in total. The van der Waals surface area contributed by atoms with Crippen molar-refractivity contribution in [3.63, 3.8) is 0 Å². The van der Waals surface area contributed by atoms with E-state index < -0.39 is 0 Å². The van der Waals surface area contributed by atoms with Gasteiger partial charge in [-0.3, -0.25) is 9.59 Å². The molecule has 0 saturated heterocycles. The molecule has 1 aliphatic rings. The molecule has 1 saturated carbocycles. The van der Waals surface area contributed by atoms with E-state index in [1.807, 2.05) is 34.6 Å². The Morgan fingerprint density at radius 2 is 1.48 bits per heavy atom. The molecule has 4 heteroatoms. The lowest BCUT2D eigenvalue weighted by Gasteiger charge is -2.16. The maximum absolute atomic E-state index is 11.9. The standard InChI is InChI=1S/C17H32N2O2/c1-10(2)16(20)19-13(6)8-15-9-14(15)7-12(5)17(21)18-11(3)4/h10-15H,7-9H2,1-6H3,(H,18,21)(H,19,20)/t12?,13?,14?,15-/m0/s1. The van der Waals surface area contributed by atoms with Crippen molar-refractivity contribution in [3.05, 3.63) is 0 Å². The summed E-state index contributed by atoms with van der Waals surface area (Å²) in [6.07, 6.45) is 3.19. The first kappa shape index (κ1) is 18.0. The summed E-state index contributed by atoms with van der Waals surface area (Å²) in [7, 11) is 0. The van der Waals surface area contributed by atoms with Crippen molar-refractivity contribution in [1.29, 1.82) is 0 Å². The third-order valence-electron chi connectivity index (χ3n) is 4.17. The summed E-state index contributed by atoms with van der Waals surface area (Å²) in [6.45, 7) is 11.9. The number of nitrogens with one attached hydrogen (secondary N) is 2. The fourth-order valence-corrected chi connectivity index (χ4v) is 2.80. The van der Waals surface area contributed by atoms with Crippen molar-refractivity contribution in [1.82, 2.24) is 10.6 Å². The van der Waals surface area contributed by atoms with Crippen LogP contribution in [0.5, 0.6) is 0 Å². The maximum Gasteiger partial charge on any atom is 0.223 e. The normalized spacial score (nSPS) is 23.8. The summed E-state index contributed by atoms with van der Waals surface area (Å²) in [6, 6.07) is 0.441. The lowest BCUT2D eigenvalue weighted by molar-refractivity contribution is -0.125. The second-order valence-corrected chi connectivity index (χ2v) is 7.36. The van der Waals surface area contributed by atoms with Crippen molar-refractivity contribution in [2.24, 2.45) is 23.7 Å². The highest BCUT2D eigenvalue weighted by atomic mass is 16.2. The number of hydrogen-bond donors (Lipinski definition) is 2. The highest BCUT2D eigenvalue weighted by Gasteiger charge is 2.39. The Hall–Kier alpha value is -1.06. The number of rotatable bonds is 8. The lowest BCUT2D eigenvalue weighted by Crippen LogP contribution is -2.36. The third-order valence-corrected chi connectivity index (χ3v) is 4.17. The van der Waals surface area contributed by atoms with E-state index >= 15 is 0 Å². The predicted octanol–water partition coefficient (Wildman–Crippen LogP) is 2.72. The fraction of sp³-hybridized carbons (Fsp3) is 0.882. The van der Waals surface area contributed by atoms with Crippen LogP contribution >= 0.6 is 0 Å². The molecule has 3 unspecified atom stereocenters. The molecular formula is C17H32N2O2. The van der Waals surface area contributed by atoms with Gasteiger partial charge in [0.2, 0.25) is 11.8 Å². The number of carbonyl (C=O) groups excluding carboxylic acids is 2. The second kappa shape index (κ2) is 7.81. The van der Waals surface area contributed by atoms with Crippen LogP contribution in [-0.2, 0) is 9.59 Å². The average molecular weight is 296 g/mol. The molecule has 4 atom stereocenters. The highest BCUT2D eigenvalue weighted by Crippen LogP contribution is 2.46. The van der Waals surface area contributed by atoms with Crippen LogP contribution in [0, 0.1) is 23.7 Å². The molecule has 0 aromatic heterocycles. The van der Waals surface area contributed by atoms with E-state index in [1.54, 1.807) is 0 Å². The van der Waals surface area contributed by atoms with Gasteiger partial charge in [0, 0.05) is 23.9 Å². The molecule has 0 aliphatic heterocycles. The Labute approximate surface area is 129 Å². The first-order valence-electron chi connectivity index (χ1n) is 8.31. The van der Waals surface area contributed by atoms with E-state index in [4.69, 9.17) is 0 Å². The molecule has 0 bridgehead atoms. The first-order valence-corrected chi connectivity index (χ1v) is 8.31. The van der Waals surface area contributed by atoms with Gasteiger partial charge in [0.15, 0.2) is 0 Å². The van der Waals surface area contributed by atoms with Crippen LogP contribution in [0.1, 0.15) is 60.8 Å². The fourth-order valence-electron chi connectivity index (χ4n) is 2.80. The van der Waals surface area contributed by atoms with Gasteiger partial charge in [-0.2, -0.15) is 0 Å². The van der Waals surface area contributed by atoms with Gasteiger partial charge in [-0.25, -0.2) is 0 Å². The zero-order valence-electron chi connectivity index (χ0n) is 14.4. The van der Waals surface area contributed by atoms with E-state index in [1.165, 1.54) is 6.42 Å². The summed E-state index contributed by atoms with van der Waals surface area (Å²) in [4.78, 5) is 23.5. The minimum absolute atomic E-state index is 0.0437. The molecule has 2 amide bonds. The van der Waals surface area contributed by atoms with Gasteiger partial charge >= 0.3 is 0 Å². The monoisotopic (exact) mass is 296 g/mol. The Bertz CT molecular complexity index is 366. The number of carbonyl (C=O) groups is 2. The van der Waals surface area contributed by atoms with Crippen LogP contribution in [0.2, 0.25) is 0 Å². The topological polar surface area (TPSA) is 58.2 Å².